The van der Waals surface area contributed by atoms with Crippen molar-refractivity contribution in [2.75, 3.05) is 13.6 Å². The second kappa shape index (κ2) is 12.7. The van der Waals surface area contributed by atoms with E-state index in [1.165, 1.54) is 24.5 Å². The van der Waals surface area contributed by atoms with Gasteiger partial charge in [0.25, 0.3) is 0 Å². The van der Waals surface area contributed by atoms with Crippen LogP contribution in [-0.2, 0) is 17.6 Å². The number of rotatable bonds is 11. The highest BCUT2D eigenvalue weighted by Crippen LogP contribution is 2.31. The number of nitrogens with one attached hydrogen (secondary N) is 1. The van der Waals surface area contributed by atoms with Gasteiger partial charge in [0.1, 0.15) is 5.82 Å². The lowest BCUT2D eigenvalue weighted by Gasteiger charge is -2.17. The molecule has 0 radical (unpaired) electrons. The molecule has 0 aliphatic carbocycles. The average molecular weight is 428 g/mol. The molecular formula is C26H34FNOS. The molecule has 0 aromatic heterocycles. The minimum absolute atomic E-state index is 0.359. The molecule has 0 aliphatic heterocycles. The summed E-state index contributed by atoms with van der Waals surface area (Å²) in [6, 6.07) is 14.5. The zero-order chi connectivity index (χ0) is 21.9. The molecule has 2 rings (SSSR count). The van der Waals surface area contributed by atoms with Gasteiger partial charge < -0.3 is 9.87 Å². The van der Waals surface area contributed by atoms with E-state index in [1.54, 1.807) is 18.2 Å². The van der Waals surface area contributed by atoms with Gasteiger partial charge in [0, 0.05) is 17.7 Å². The third kappa shape index (κ3) is 6.83. The van der Waals surface area contributed by atoms with Gasteiger partial charge >= 0.3 is 0 Å². The molecule has 0 saturated heterocycles. The molecular weight excluding hydrogens is 393 g/mol. The first-order valence-corrected chi connectivity index (χ1v) is 12.0. The summed E-state index contributed by atoms with van der Waals surface area (Å²) < 4.78 is 28.2. The Kier molecular flexibility index (Phi) is 10.4. The molecule has 2 nitrogen and oxygen atoms in total. The standard InChI is InChI=1S/C26H34FNOS/c1-5-11-20(6-2)16-22-12-10-13-23(17-22)30(29)26(18-21(7-3)19-28-4)24-14-8-9-15-25(24)27/h7-10,12-15,17-18,20,28H,5-6,11,16,19H2,1-4H3/b21-7+,26-18-. The predicted molar refractivity (Wildman–Crippen MR) is 127 cm³/mol. The lowest BCUT2D eigenvalue weighted by molar-refractivity contribution is 0.462. The highest BCUT2D eigenvalue weighted by Gasteiger charge is 2.24. The molecule has 4 heteroatoms. The van der Waals surface area contributed by atoms with Crippen molar-refractivity contribution in [2.45, 2.75) is 51.3 Å². The quantitative estimate of drug-likeness (QED) is 0.328. The summed E-state index contributed by atoms with van der Waals surface area (Å²) in [5.74, 6) is 0.271. The fraction of sp³-hybridized carbons (Fsp3) is 0.385. The maximum Gasteiger partial charge on any atom is 0.168 e. The van der Waals surface area contributed by atoms with Crippen molar-refractivity contribution in [1.82, 2.24) is 5.32 Å². The van der Waals surface area contributed by atoms with E-state index < -0.39 is 11.2 Å². The van der Waals surface area contributed by atoms with Gasteiger partial charge in [-0.1, -0.05) is 63.5 Å². The Hall–Kier alpha value is -1.88. The monoisotopic (exact) mass is 427 g/mol. The lowest BCUT2D eigenvalue weighted by Crippen LogP contribution is -2.12. The van der Waals surface area contributed by atoms with E-state index in [0.29, 0.717) is 27.8 Å². The van der Waals surface area contributed by atoms with Gasteiger partial charge in [-0.2, -0.15) is 0 Å². The second-order valence-corrected chi connectivity index (χ2v) is 9.01. The molecule has 2 aromatic rings. The molecule has 1 N–H and O–H groups in total. The molecule has 0 amide bonds. The number of hydrogen-bond acceptors (Lipinski definition) is 2. The normalized spacial score (nSPS) is 14.6. The van der Waals surface area contributed by atoms with Gasteiger partial charge in [-0.05, 0) is 67.8 Å². The van der Waals surface area contributed by atoms with Gasteiger partial charge in [-0.3, -0.25) is 0 Å². The molecule has 2 atom stereocenters. The largest absolute Gasteiger partial charge is 0.606 e. The highest BCUT2D eigenvalue weighted by atomic mass is 32.2. The number of likely N-dealkylation sites (N-methyl/N-ethyl adjacent to an activating group) is 1. The number of benzene rings is 2. The Morgan fingerprint density at radius 2 is 1.93 bits per heavy atom. The maximum absolute atomic E-state index is 14.6. The van der Waals surface area contributed by atoms with Gasteiger partial charge in [0.15, 0.2) is 9.80 Å². The van der Waals surface area contributed by atoms with E-state index >= 15 is 0 Å². The SMILES string of the molecule is C/C=C(\C=C(\c1ccccc1F)[S+]([O-])c1cccc(CC(CC)CCC)c1)CNC. The molecule has 0 spiro atoms. The van der Waals surface area contributed by atoms with Gasteiger partial charge in [-0.25, -0.2) is 4.39 Å². The van der Waals surface area contributed by atoms with Crippen molar-refractivity contribution >= 4 is 16.1 Å². The number of halogens is 1. The molecule has 0 saturated carbocycles. The van der Waals surface area contributed by atoms with Crippen LogP contribution in [0.5, 0.6) is 0 Å². The van der Waals surface area contributed by atoms with Crippen molar-refractivity contribution < 1.29 is 8.94 Å². The van der Waals surface area contributed by atoms with Crippen molar-refractivity contribution in [3.63, 3.8) is 0 Å². The van der Waals surface area contributed by atoms with Crippen molar-refractivity contribution in [3.8, 4) is 0 Å². The van der Waals surface area contributed by atoms with Crippen LogP contribution in [0.4, 0.5) is 4.39 Å². The van der Waals surface area contributed by atoms with Crippen LogP contribution in [0.1, 0.15) is 51.2 Å². The Balaban J connectivity index is 2.43. The zero-order valence-corrected chi connectivity index (χ0v) is 19.4. The second-order valence-electron chi connectivity index (χ2n) is 7.57. The van der Waals surface area contributed by atoms with Crippen molar-refractivity contribution in [1.29, 1.82) is 0 Å². The topological polar surface area (TPSA) is 35.1 Å². The summed E-state index contributed by atoms with van der Waals surface area (Å²) in [6.45, 7) is 7.00. The summed E-state index contributed by atoms with van der Waals surface area (Å²) in [4.78, 5) is 1.21. The predicted octanol–water partition coefficient (Wildman–Crippen LogP) is 6.51. The van der Waals surface area contributed by atoms with Crippen LogP contribution in [-0.4, -0.2) is 18.1 Å². The molecule has 30 heavy (non-hydrogen) atoms. The van der Waals surface area contributed by atoms with E-state index in [4.69, 9.17) is 0 Å². The van der Waals surface area contributed by atoms with E-state index in [0.717, 1.165) is 18.4 Å². The van der Waals surface area contributed by atoms with Crippen molar-refractivity contribution in [3.05, 3.63) is 83.2 Å². The Bertz CT molecular complexity index is 862. The van der Waals surface area contributed by atoms with Crippen molar-refractivity contribution in [2.24, 2.45) is 5.92 Å². The van der Waals surface area contributed by atoms with Crippen LogP contribution in [0, 0.1) is 11.7 Å². The smallest absolute Gasteiger partial charge is 0.168 e. The summed E-state index contributed by atoms with van der Waals surface area (Å²) in [7, 11) is 1.86. The number of allylic oxidation sites excluding steroid dienone is 1. The summed E-state index contributed by atoms with van der Waals surface area (Å²) in [5.41, 5.74) is 2.54. The van der Waals surface area contributed by atoms with E-state index in [1.807, 2.05) is 44.3 Å². The molecule has 0 heterocycles. The highest BCUT2D eigenvalue weighted by molar-refractivity contribution is 8.00. The fourth-order valence-corrected chi connectivity index (χ4v) is 4.95. The zero-order valence-electron chi connectivity index (χ0n) is 18.6. The Morgan fingerprint density at radius 3 is 2.57 bits per heavy atom. The number of hydrogen-bond donors (Lipinski definition) is 1. The molecule has 162 valence electrons. The van der Waals surface area contributed by atoms with E-state index in [9.17, 15) is 8.94 Å². The lowest BCUT2D eigenvalue weighted by atomic mass is 9.93. The van der Waals surface area contributed by atoms with E-state index in [-0.39, 0.29) is 5.82 Å². The molecule has 0 bridgehead atoms. The van der Waals surface area contributed by atoms with Gasteiger partial charge in [0.05, 0.1) is 5.56 Å². The van der Waals surface area contributed by atoms with Crippen LogP contribution in [0.15, 0.2) is 71.2 Å². The van der Waals surface area contributed by atoms with Crippen LogP contribution >= 0.6 is 0 Å². The Labute approximate surface area is 184 Å². The summed E-state index contributed by atoms with van der Waals surface area (Å²) in [5, 5.41) is 3.11. The minimum Gasteiger partial charge on any atom is -0.606 e. The van der Waals surface area contributed by atoms with Crippen LogP contribution in [0.25, 0.3) is 4.91 Å². The Morgan fingerprint density at radius 1 is 1.17 bits per heavy atom. The van der Waals surface area contributed by atoms with Crippen LogP contribution < -0.4 is 5.32 Å². The first-order chi connectivity index (χ1) is 14.5. The maximum atomic E-state index is 14.6. The van der Waals surface area contributed by atoms with Crippen LogP contribution in [0.3, 0.4) is 0 Å². The molecule has 0 fully saturated rings. The van der Waals surface area contributed by atoms with Gasteiger partial charge in [0.2, 0.25) is 0 Å². The first-order valence-electron chi connectivity index (χ1n) is 10.8. The summed E-state index contributed by atoms with van der Waals surface area (Å²) >= 11 is -1.49. The average Bonchev–Trinajstić information content (AvgIpc) is 2.76. The first kappa shape index (κ1) is 24.4. The van der Waals surface area contributed by atoms with Crippen LogP contribution in [0.2, 0.25) is 0 Å². The fourth-order valence-electron chi connectivity index (χ4n) is 3.61. The van der Waals surface area contributed by atoms with Gasteiger partial charge in [-0.15, -0.1) is 0 Å². The summed E-state index contributed by atoms with van der Waals surface area (Å²) in [6.07, 6.45) is 8.29. The molecule has 2 unspecified atom stereocenters. The molecule has 0 aliphatic rings. The van der Waals surface area contributed by atoms with E-state index in [2.05, 4.69) is 25.2 Å². The third-order valence-electron chi connectivity index (χ3n) is 5.32. The minimum atomic E-state index is -1.49. The molecule has 2 aromatic carbocycles. The third-order valence-corrected chi connectivity index (χ3v) is 6.74.